The third-order valence-electron chi connectivity index (χ3n) is 1.99. The lowest BCUT2D eigenvalue weighted by Crippen LogP contribution is -1.80. The van der Waals surface area contributed by atoms with Crippen LogP contribution >= 0.6 is 0 Å². The first-order chi connectivity index (χ1) is 5.42. The van der Waals surface area contributed by atoms with E-state index < -0.39 is 0 Å². The first kappa shape index (κ1) is 6.24. The Morgan fingerprint density at radius 2 is 2.09 bits per heavy atom. The second kappa shape index (κ2) is 2.29. The maximum atomic E-state index is 5.33. The van der Waals surface area contributed by atoms with Crippen molar-refractivity contribution in [2.24, 2.45) is 0 Å². The fourth-order valence-corrected chi connectivity index (χ4v) is 1.42. The van der Waals surface area contributed by atoms with Gasteiger partial charge in [0, 0.05) is 5.57 Å². The van der Waals surface area contributed by atoms with E-state index in [1.807, 2.05) is 12.1 Å². The Kier molecular flexibility index (Phi) is 1.30. The summed E-state index contributed by atoms with van der Waals surface area (Å²) in [6, 6.07) is 8.27. The van der Waals surface area contributed by atoms with Crippen LogP contribution in [-0.4, -0.2) is 0 Å². The summed E-state index contributed by atoms with van der Waals surface area (Å²) in [5.74, 6) is 2.68. The molecule has 0 spiro atoms. The van der Waals surface area contributed by atoms with Crippen LogP contribution in [0.1, 0.15) is 11.1 Å². The molecule has 0 fully saturated rings. The second-order valence-corrected chi connectivity index (χ2v) is 2.62. The fourth-order valence-electron chi connectivity index (χ4n) is 1.42. The number of fused-ring (bicyclic) bond motifs is 1. The van der Waals surface area contributed by atoms with E-state index in [1.54, 1.807) is 0 Å². The first-order valence-electron chi connectivity index (χ1n) is 3.67. The lowest BCUT2D eigenvalue weighted by atomic mass is 10.1. The largest absolute Gasteiger partial charge is 0.115 e. The minimum absolute atomic E-state index is 0.996. The van der Waals surface area contributed by atoms with E-state index >= 15 is 0 Å². The molecule has 0 N–H and O–H groups in total. The van der Waals surface area contributed by atoms with Crippen molar-refractivity contribution in [1.29, 1.82) is 0 Å². The van der Waals surface area contributed by atoms with Gasteiger partial charge in [-0.15, -0.1) is 6.42 Å². The molecule has 0 heterocycles. The van der Waals surface area contributed by atoms with Crippen molar-refractivity contribution >= 4 is 5.57 Å². The van der Waals surface area contributed by atoms with Crippen LogP contribution in [0.15, 0.2) is 30.3 Å². The molecule has 2 rings (SSSR count). The molecule has 0 amide bonds. The van der Waals surface area contributed by atoms with Crippen molar-refractivity contribution in [2.75, 3.05) is 0 Å². The maximum absolute atomic E-state index is 5.33. The number of terminal acetylenes is 1. The lowest BCUT2D eigenvalue weighted by Gasteiger charge is -1.96. The average Bonchev–Trinajstić information content (AvgIpc) is 2.47. The third-order valence-corrected chi connectivity index (χ3v) is 1.99. The van der Waals surface area contributed by atoms with E-state index in [9.17, 15) is 0 Å². The van der Waals surface area contributed by atoms with E-state index in [0.29, 0.717) is 0 Å². The molecule has 0 aliphatic heterocycles. The standard InChI is InChI=1S/C11H8/c1-2-9-7-8-10-5-3-4-6-11(9)10/h1,3-7H,8H2. The van der Waals surface area contributed by atoms with Gasteiger partial charge in [0.2, 0.25) is 0 Å². The molecule has 0 unspecified atom stereocenters. The Balaban J connectivity index is 2.58. The molecule has 1 aromatic carbocycles. The highest BCUT2D eigenvalue weighted by molar-refractivity contribution is 5.83. The molecule has 0 heteroatoms. The SMILES string of the molecule is C#CC1=CCc2ccccc21. The van der Waals surface area contributed by atoms with Crippen LogP contribution in [0.3, 0.4) is 0 Å². The van der Waals surface area contributed by atoms with Gasteiger partial charge in [-0.2, -0.15) is 0 Å². The van der Waals surface area contributed by atoms with Crippen molar-refractivity contribution < 1.29 is 0 Å². The molecule has 0 atom stereocenters. The van der Waals surface area contributed by atoms with E-state index in [1.165, 1.54) is 11.1 Å². The Hall–Kier alpha value is -1.48. The molecule has 52 valence electrons. The Morgan fingerprint density at radius 3 is 2.91 bits per heavy atom. The van der Waals surface area contributed by atoms with E-state index in [-0.39, 0.29) is 0 Å². The Bertz CT molecular complexity index is 351. The molecule has 0 radical (unpaired) electrons. The molecule has 0 aromatic heterocycles. The van der Waals surface area contributed by atoms with Gasteiger partial charge in [-0.3, -0.25) is 0 Å². The smallest absolute Gasteiger partial charge is 0.0281 e. The van der Waals surface area contributed by atoms with Crippen LogP contribution in [0.5, 0.6) is 0 Å². The molecular formula is C11H8. The highest BCUT2D eigenvalue weighted by atomic mass is 14.1. The van der Waals surface area contributed by atoms with Crippen molar-refractivity contribution in [1.82, 2.24) is 0 Å². The van der Waals surface area contributed by atoms with Gasteiger partial charge in [0.1, 0.15) is 0 Å². The predicted octanol–water partition coefficient (Wildman–Crippen LogP) is 2.26. The van der Waals surface area contributed by atoms with E-state index in [2.05, 4.69) is 24.1 Å². The van der Waals surface area contributed by atoms with E-state index in [4.69, 9.17) is 6.42 Å². The Morgan fingerprint density at radius 1 is 1.27 bits per heavy atom. The number of hydrogen-bond donors (Lipinski definition) is 0. The summed E-state index contributed by atoms with van der Waals surface area (Å²) in [5, 5.41) is 0. The van der Waals surface area contributed by atoms with Crippen LogP contribution in [0.25, 0.3) is 5.57 Å². The topological polar surface area (TPSA) is 0 Å². The van der Waals surface area contributed by atoms with Crippen LogP contribution in [0.2, 0.25) is 0 Å². The van der Waals surface area contributed by atoms with Gasteiger partial charge in [0.25, 0.3) is 0 Å². The van der Waals surface area contributed by atoms with Crippen LogP contribution in [0, 0.1) is 12.3 Å². The summed E-state index contributed by atoms with van der Waals surface area (Å²) in [6.07, 6.45) is 8.43. The second-order valence-electron chi connectivity index (χ2n) is 2.62. The molecule has 1 aromatic rings. The van der Waals surface area contributed by atoms with Crippen LogP contribution < -0.4 is 0 Å². The third kappa shape index (κ3) is 0.860. The normalized spacial score (nSPS) is 13.5. The molecule has 11 heavy (non-hydrogen) atoms. The number of benzene rings is 1. The molecular weight excluding hydrogens is 132 g/mol. The summed E-state index contributed by atoms with van der Waals surface area (Å²) in [6.45, 7) is 0. The minimum atomic E-state index is 0.996. The maximum Gasteiger partial charge on any atom is 0.0281 e. The summed E-state index contributed by atoms with van der Waals surface area (Å²) in [5.41, 5.74) is 3.62. The number of rotatable bonds is 0. The van der Waals surface area contributed by atoms with Gasteiger partial charge in [-0.05, 0) is 17.5 Å². The zero-order chi connectivity index (χ0) is 7.68. The number of hydrogen-bond acceptors (Lipinski definition) is 0. The molecule has 0 saturated carbocycles. The van der Waals surface area contributed by atoms with E-state index in [0.717, 1.165) is 12.0 Å². The van der Waals surface area contributed by atoms with Crippen molar-refractivity contribution in [3.8, 4) is 12.3 Å². The average molecular weight is 140 g/mol. The summed E-state index contributed by atoms with van der Waals surface area (Å²) < 4.78 is 0. The van der Waals surface area contributed by atoms with Gasteiger partial charge in [0.05, 0.1) is 0 Å². The minimum Gasteiger partial charge on any atom is -0.115 e. The molecule has 0 saturated heterocycles. The van der Waals surface area contributed by atoms with Gasteiger partial charge in [0.15, 0.2) is 0 Å². The highest BCUT2D eigenvalue weighted by Crippen LogP contribution is 2.25. The molecule has 1 aliphatic rings. The van der Waals surface area contributed by atoms with Crippen LogP contribution in [-0.2, 0) is 6.42 Å². The fraction of sp³-hybridized carbons (Fsp3) is 0.0909. The highest BCUT2D eigenvalue weighted by Gasteiger charge is 2.09. The summed E-state index contributed by atoms with van der Waals surface area (Å²) in [7, 11) is 0. The quantitative estimate of drug-likeness (QED) is 0.485. The first-order valence-corrected chi connectivity index (χ1v) is 3.67. The molecule has 0 bridgehead atoms. The van der Waals surface area contributed by atoms with Gasteiger partial charge in [-0.25, -0.2) is 0 Å². The molecule has 1 aliphatic carbocycles. The van der Waals surface area contributed by atoms with Crippen LogP contribution in [0.4, 0.5) is 0 Å². The summed E-state index contributed by atoms with van der Waals surface area (Å²) in [4.78, 5) is 0. The summed E-state index contributed by atoms with van der Waals surface area (Å²) >= 11 is 0. The van der Waals surface area contributed by atoms with Crippen molar-refractivity contribution in [2.45, 2.75) is 6.42 Å². The van der Waals surface area contributed by atoms with Crippen molar-refractivity contribution in [3.63, 3.8) is 0 Å². The van der Waals surface area contributed by atoms with Gasteiger partial charge >= 0.3 is 0 Å². The monoisotopic (exact) mass is 140 g/mol. The zero-order valence-corrected chi connectivity index (χ0v) is 6.17. The van der Waals surface area contributed by atoms with Gasteiger partial charge in [-0.1, -0.05) is 36.3 Å². The van der Waals surface area contributed by atoms with Crippen molar-refractivity contribution in [3.05, 3.63) is 41.5 Å². The molecule has 0 nitrogen and oxygen atoms in total. The Labute approximate surface area is 66.6 Å². The lowest BCUT2D eigenvalue weighted by molar-refractivity contribution is 1.31. The number of allylic oxidation sites excluding steroid dienone is 2. The van der Waals surface area contributed by atoms with Gasteiger partial charge < -0.3 is 0 Å². The zero-order valence-electron chi connectivity index (χ0n) is 6.17. The predicted molar refractivity (Wildman–Crippen MR) is 47.0 cm³/mol.